The topological polar surface area (TPSA) is 55.4 Å². The molecule has 0 aliphatic heterocycles. The number of aryl methyl sites for hydroxylation is 1. The summed E-state index contributed by atoms with van der Waals surface area (Å²) in [5.74, 6) is -0.296. The zero-order chi connectivity index (χ0) is 17.2. The number of amides is 1. The van der Waals surface area contributed by atoms with Crippen LogP contribution in [0.5, 0.6) is 0 Å². The van der Waals surface area contributed by atoms with Gasteiger partial charge < -0.3 is 10.1 Å². The molecule has 0 aromatic heterocycles. The van der Waals surface area contributed by atoms with Gasteiger partial charge in [-0.15, -0.1) is 0 Å². The first kappa shape index (κ1) is 16.2. The highest BCUT2D eigenvalue weighted by molar-refractivity contribution is 6.04. The van der Waals surface area contributed by atoms with Gasteiger partial charge in [0.1, 0.15) is 0 Å². The second-order valence-corrected chi connectivity index (χ2v) is 6.20. The van der Waals surface area contributed by atoms with Gasteiger partial charge in [-0.1, -0.05) is 29.8 Å². The Morgan fingerprint density at radius 1 is 1.04 bits per heavy atom. The molecule has 0 atom stereocenters. The number of ether oxygens (including phenoxy) is 1. The van der Waals surface area contributed by atoms with Crippen molar-refractivity contribution in [3.63, 3.8) is 0 Å². The lowest BCUT2D eigenvalue weighted by Gasteiger charge is -2.15. The largest absolute Gasteiger partial charge is 0.465 e. The predicted molar refractivity (Wildman–Crippen MR) is 93.1 cm³/mol. The van der Waals surface area contributed by atoms with E-state index < -0.39 is 5.41 Å². The molecule has 1 fully saturated rings. The summed E-state index contributed by atoms with van der Waals surface area (Å²) in [6, 6.07) is 14.9. The number of benzene rings is 2. The van der Waals surface area contributed by atoms with Crippen LogP contribution in [0.2, 0.25) is 0 Å². The molecule has 1 saturated carbocycles. The Bertz CT molecular complexity index is 743. The van der Waals surface area contributed by atoms with Crippen molar-refractivity contribution < 1.29 is 14.3 Å². The average molecular weight is 323 g/mol. The first-order chi connectivity index (χ1) is 11.5. The molecule has 0 heterocycles. The first-order valence-electron chi connectivity index (χ1n) is 8.21. The molecule has 1 aliphatic carbocycles. The zero-order valence-electron chi connectivity index (χ0n) is 14.0. The van der Waals surface area contributed by atoms with Crippen LogP contribution in [0.25, 0.3) is 0 Å². The Hall–Kier alpha value is -2.62. The van der Waals surface area contributed by atoms with Crippen molar-refractivity contribution in [3.8, 4) is 0 Å². The van der Waals surface area contributed by atoms with Crippen molar-refractivity contribution in [2.45, 2.75) is 32.1 Å². The lowest BCUT2D eigenvalue weighted by atomic mass is 9.96. The summed E-state index contributed by atoms with van der Waals surface area (Å²) in [5, 5.41) is 2.88. The molecule has 4 heteroatoms. The monoisotopic (exact) mass is 323 g/mol. The third-order valence-corrected chi connectivity index (χ3v) is 4.43. The SMILES string of the molecule is CCOC(=O)C1(c2ccc(NC(=O)c3ccc(C)cc3)cc2)CC1. The van der Waals surface area contributed by atoms with Crippen LogP contribution in [0.15, 0.2) is 48.5 Å². The summed E-state index contributed by atoms with van der Waals surface area (Å²) in [6.45, 7) is 4.20. The average Bonchev–Trinajstić information content (AvgIpc) is 3.38. The van der Waals surface area contributed by atoms with Crippen LogP contribution >= 0.6 is 0 Å². The van der Waals surface area contributed by atoms with Crippen molar-refractivity contribution in [2.24, 2.45) is 0 Å². The van der Waals surface area contributed by atoms with Gasteiger partial charge in [-0.3, -0.25) is 9.59 Å². The molecule has 2 aromatic carbocycles. The highest BCUT2D eigenvalue weighted by atomic mass is 16.5. The van der Waals surface area contributed by atoms with Gasteiger partial charge in [-0.05, 0) is 56.5 Å². The van der Waals surface area contributed by atoms with E-state index in [0.717, 1.165) is 24.0 Å². The van der Waals surface area contributed by atoms with Crippen molar-refractivity contribution in [3.05, 3.63) is 65.2 Å². The fourth-order valence-electron chi connectivity index (χ4n) is 2.79. The van der Waals surface area contributed by atoms with E-state index in [-0.39, 0.29) is 11.9 Å². The maximum Gasteiger partial charge on any atom is 0.316 e. The molecule has 1 amide bonds. The molecule has 0 bridgehead atoms. The van der Waals surface area contributed by atoms with E-state index in [1.165, 1.54) is 0 Å². The van der Waals surface area contributed by atoms with Crippen molar-refractivity contribution >= 4 is 17.6 Å². The number of hydrogen-bond donors (Lipinski definition) is 1. The molecule has 3 rings (SSSR count). The van der Waals surface area contributed by atoms with Gasteiger partial charge in [0.05, 0.1) is 12.0 Å². The molecule has 1 N–H and O–H groups in total. The van der Waals surface area contributed by atoms with E-state index in [0.29, 0.717) is 17.9 Å². The van der Waals surface area contributed by atoms with Gasteiger partial charge in [0.2, 0.25) is 0 Å². The predicted octanol–water partition coefficient (Wildman–Crippen LogP) is 3.84. The highest BCUT2D eigenvalue weighted by Crippen LogP contribution is 2.49. The minimum Gasteiger partial charge on any atom is -0.465 e. The van der Waals surface area contributed by atoms with Crippen molar-refractivity contribution in [1.29, 1.82) is 0 Å². The summed E-state index contributed by atoms with van der Waals surface area (Å²) in [7, 11) is 0. The number of anilines is 1. The van der Waals surface area contributed by atoms with Crippen LogP contribution in [0, 0.1) is 6.92 Å². The summed E-state index contributed by atoms with van der Waals surface area (Å²) >= 11 is 0. The Balaban J connectivity index is 1.70. The van der Waals surface area contributed by atoms with Gasteiger partial charge in [0.25, 0.3) is 5.91 Å². The number of carbonyl (C=O) groups is 2. The third kappa shape index (κ3) is 3.18. The molecule has 1 aliphatic rings. The summed E-state index contributed by atoms with van der Waals surface area (Å²) in [6.07, 6.45) is 1.64. The summed E-state index contributed by atoms with van der Waals surface area (Å²) in [4.78, 5) is 24.3. The lowest BCUT2D eigenvalue weighted by Crippen LogP contribution is -2.23. The maximum absolute atomic E-state index is 12.2. The van der Waals surface area contributed by atoms with Gasteiger partial charge in [0, 0.05) is 11.3 Å². The zero-order valence-corrected chi connectivity index (χ0v) is 14.0. The molecule has 0 radical (unpaired) electrons. The van der Waals surface area contributed by atoms with Crippen LogP contribution in [-0.4, -0.2) is 18.5 Å². The quantitative estimate of drug-likeness (QED) is 0.851. The third-order valence-electron chi connectivity index (χ3n) is 4.43. The number of esters is 1. The van der Waals surface area contributed by atoms with Crippen LogP contribution in [0.1, 0.15) is 41.3 Å². The van der Waals surface area contributed by atoms with Gasteiger partial charge in [-0.25, -0.2) is 0 Å². The number of carbonyl (C=O) groups excluding carboxylic acids is 2. The summed E-state index contributed by atoms with van der Waals surface area (Å²) < 4.78 is 5.18. The second-order valence-electron chi connectivity index (χ2n) is 6.20. The Labute approximate surface area is 141 Å². The minimum atomic E-state index is -0.477. The smallest absolute Gasteiger partial charge is 0.316 e. The van der Waals surface area contributed by atoms with Crippen molar-refractivity contribution in [2.75, 3.05) is 11.9 Å². The van der Waals surface area contributed by atoms with Crippen LogP contribution in [0.3, 0.4) is 0 Å². The van der Waals surface area contributed by atoms with Crippen LogP contribution < -0.4 is 5.32 Å². The Kier molecular flexibility index (Phi) is 4.38. The molecule has 24 heavy (non-hydrogen) atoms. The van der Waals surface area contributed by atoms with Gasteiger partial charge in [0.15, 0.2) is 0 Å². The molecule has 0 spiro atoms. The summed E-state index contributed by atoms with van der Waals surface area (Å²) in [5.41, 5.74) is 2.92. The lowest BCUT2D eigenvalue weighted by molar-refractivity contribution is -0.146. The Morgan fingerprint density at radius 2 is 1.67 bits per heavy atom. The highest BCUT2D eigenvalue weighted by Gasteiger charge is 2.52. The van der Waals surface area contributed by atoms with E-state index in [4.69, 9.17) is 4.74 Å². The number of rotatable bonds is 5. The molecule has 0 saturated heterocycles. The standard InChI is InChI=1S/C20H21NO3/c1-3-24-19(23)20(12-13-20)16-8-10-17(11-9-16)21-18(22)15-6-4-14(2)5-7-15/h4-11H,3,12-13H2,1-2H3,(H,21,22). The van der Waals surface area contributed by atoms with Crippen LogP contribution in [-0.2, 0) is 14.9 Å². The molecule has 0 unspecified atom stereocenters. The number of hydrogen-bond acceptors (Lipinski definition) is 3. The molecular weight excluding hydrogens is 302 g/mol. The second kappa shape index (κ2) is 6.48. The number of nitrogens with one attached hydrogen (secondary N) is 1. The fourth-order valence-corrected chi connectivity index (χ4v) is 2.79. The van der Waals surface area contributed by atoms with Crippen molar-refractivity contribution in [1.82, 2.24) is 0 Å². The van der Waals surface area contributed by atoms with E-state index in [1.54, 1.807) is 12.1 Å². The minimum absolute atomic E-state index is 0.144. The van der Waals surface area contributed by atoms with E-state index >= 15 is 0 Å². The maximum atomic E-state index is 12.2. The van der Waals surface area contributed by atoms with Gasteiger partial charge in [-0.2, -0.15) is 0 Å². The van der Waals surface area contributed by atoms with E-state index in [1.807, 2.05) is 50.2 Å². The van der Waals surface area contributed by atoms with Gasteiger partial charge >= 0.3 is 5.97 Å². The fraction of sp³-hybridized carbons (Fsp3) is 0.300. The Morgan fingerprint density at radius 3 is 2.21 bits per heavy atom. The molecular formula is C20H21NO3. The van der Waals surface area contributed by atoms with E-state index in [2.05, 4.69) is 5.32 Å². The van der Waals surface area contributed by atoms with E-state index in [9.17, 15) is 9.59 Å². The van der Waals surface area contributed by atoms with Crippen LogP contribution in [0.4, 0.5) is 5.69 Å². The molecule has 4 nitrogen and oxygen atoms in total. The first-order valence-corrected chi connectivity index (χ1v) is 8.21. The molecule has 2 aromatic rings. The normalized spacial score (nSPS) is 14.8. The molecule has 124 valence electrons.